The fraction of sp³-hybridized carbons (Fsp3) is 0.667. The van der Waals surface area contributed by atoms with Crippen LogP contribution in [0.1, 0.15) is 31.5 Å². The minimum absolute atomic E-state index is 0.138. The van der Waals surface area contributed by atoms with Gasteiger partial charge in [0.25, 0.3) is 0 Å². The molecular weight excluding hydrogens is 184 g/mol. The van der Waals surface area contributed by atoms with E-state index in [1.54, 1.807) is 6.92 Å². The van der Waals surface area contributed by atoms with E-state index in [9.17, 15) is 4.79 Å². The Morgan fingerprint density at radius 3 is 2.57 bits per heavy atom. The smallest absolute Gasteiger partial charge is 0.307 e. The highest BCUT2D eigenvalue weighted by Gasteiger charge is 2.65. The Bertz CT molecular complexity index is 383. The number of nitrogens with zero attached hydrogens (tertiary/aromatic N) is 2. The summed E-state index contributed by atoms with van der Waals surface area (Å²) in [5.74, 6) is -0.342. The molecule has 0 saturated heterocycles. The van der Waals surface area contributed by atoms with Crippen LogP contribution < -0.4 is 0 Å². The number of carboxylic acids is 1. The van der Waals surface area contributed by atoms with Gasteiger partial charge in [0.1, 0.15) is 0 Å². The Kier molecular flexibility index (Phi) is 1.68. The quantitative estimate of drug-likeness (QED) is 0.769. The predicted molar refractivity (Wildman–Crippen MR) is 46.7 cm³/mol. The van der Waals surface area contributed by atoms with E-state index in [0.717, 1.165) is 0 Å². The van der Waals surface area contributed by atoms with Crippen LogP contribution in [-0.2, 0) is 4.79 Å². The van der Waals surface area contributed by atoms with Crippen LogP contribution in [0.5, 0.6) is 0 Å². The van der Waals surface area contributed by atoms with E-state index in [1.165, 1.54) is 0 Å². The fourth-order valence-electron chi connectivity index (χ4n) is 2.00. The van der Waals surface area contributed by atoms with Crippen molar-refractivity contribution >= 4 is 5.97 Å². The van der Waals surface area contributed by atoms with Gasteiger partial charge in [0.2, 0.25) is 5.89 Å². The molecule has 1 N–H and O–H groups in total. The summed E-state index contributed by atoms with van der Waals surface area (Å²) in [6.07, 6.45) is 0. The van der Waals surface area contributed by atoms with Crippen molar-refractivity contribution in [3.63, 3.8) is 0 Å². The summed E-state index contributed by atoms with van der Waals surface area (Å²) in [6, 6.07) is 0. The van der Waals surface area contributed by atoms with Crippen LogP contribution in [0.25, 0.3) is 0 Å². The van der Waals surface area contributed by atoms with Gasteiger partial charge in [-0.2, -0.15) is 4.98 Å². The molecule has 1 aliphatic carbocycles. The maximum atomic E-state index is 10.9. The molecule has 1 heterocycles. The van der Waals surface area contributed by atoms with Gasteiger partial charge >= 0.3 is 5.97 Å². The van der Waals surface area contributed by atoms with Gasteiger partial charge in [-0.15, -0.1) is 0 Å². The molecule has 1 aromatic rings. The minimum atomic E-state index is -0.796. The number of aliphatic carboxylic acids is 1. The maximum absolute atomic E-state index is 10.9. The van der Waals surface area contributed by atoms with Crippen molar-refractivity contribution < 1.29 is 14.4 Å². The Labute approximate surface area is 81.1 Å². The van der Waals surface area contributed by atoms with Gasteiger partial charge in [0, 0.05) is 0 Å². The molecule has 1 fully saturated rings. The summed E-state index contributed by atoms with van der Waals surface area (Å²) in [7, 11) is 0. The van der Waals surface area contributed by atoms with Crippen molar-refractivity contribution in [1.29, 1.82) is 0 Å². The third-order valence-electron chi connectivity index (χ3n) is 2.90. The van der Waals surface area contributed by atoms with Gasteiger partial charge in [-0.1, -0.05) is 19.0 Å². The van der Waals surface area contributed by atoms with Crippen LogP contribution in [-0.4, -0.2) is 21.2 Å². The Morgan fingerprint density at radius 1 is 1.57 bits per heavy atom. The highest BCUT2D eigenvalue weighted by Crippen LogP contribution is 2.63. The van der Waals surface area contributed by atoms with E-state index in [2.05, 4.69) is 10.1 Å². The first kappa shape index (κ1) is 9.18. The molecule has 5 nitrogen and oxygen atoms in total. The zero-order valence-corrected chi connectivity index (χ0v) is 8.31. The lowest BCUT2D eigenvalue weighted by Crippen LogP contribution is -2.03. The van der Waals surface area contributed by atoms with Crippen molar-refractivity contribution in [3.05, 3.63) is 11.7 Å². The number of carboxylic acid groups (broad SMARTS) is 1. The minimum Gasteiger partial charge on any atom is -0.481 e. The molecule has 76 valence electrons. The number of aryl methyl sites for hydroxylation is 1. The summed E-state index contributed by atoms with van der Waals surface area (Å²) in [5, 5.41) is 12.6. The molecule has 0 spiro atoms. The molecular formula is C9H12N2O3. The topological polar surface area (TPSA) is 76.2 Å². The SMILES string of the molecule is Cc1noc(C2C(C(=O)O)C2(C)C)n1. The van der Waals surface area contributed by atoms with Gasteiger partial charge < -0.3 is 9.63 Å². The number of carbonyl (C=O) groups is 1. The Balaban J connectivity index is 2.27. The van der Waals surface area contributed by atoms with Crippen LogP contribution in [0.15, 0.2) is 4.52 Å². The van der Waals surface area contributed by atoms with Crippen molar-refractivity contribution in [2.24, 2.45) is 11.3 Å². The molecule has 0 aromatic carbocycles. The Morgan fingerprint density at radius 2 is 2.21 bits per heavy atom. The van der Waals surface area contributed by atoms with Crippen LogP contribution in [0.3, 0.4) is 0 Å². The molecule has 2 atom stereocenters. The van der Waals surface area contributed by atoms with Gasteiger partial charge in [-0.3, -0.25) is 4.79 Å². The molecule has 14 heavy (non-hydrogen) atoms. The molecule has 1 saturated carbocycles. The summed E-state index contributed by atoms with van der Waals surface area (Å²) < 4.78 is 4.98. The van der Waals surface area contributed by atoms with Gasteiger partial charge in [0.15, 0.2) is 5.82 Å². The summed E-state index contributed by atoms with van der Waals surface area (Å²) in [5.41, 5.74) is -0.273. The predicted octanol–water partition coefficient (Wildman–Crippen LogP) is 1.20. The molecule has 2 unspecified atom stereocenters. The van der Waals surface area contributed by atoms with Crippen LogP contribution in [0.2, 0.25) is 0 Å². The maximum Gasteiger partial charge on any atom is 0.307 e. The Hall–Kier alpha value is -1.39. The van der Waals surface area contributed by atoms with E-state index in [1.807, 2.05) is 13.8 Å². The van der Waals surface area contributed by atoms with E-state index < -0.39 is 11.9 Å². The first-order valence-corrected chi connectivity index (χ1v) is 4.47. The van der Waals surface area contributed by atoms with Crippen molar-refractivity contribution in [1.82, 2.24) is 10.1 Å². The molecule has 1 aliphatic rings. The number of rotatable bonds is 2. The summed E-state index contributed by atoms with van der Waals surface area (Å²) in [6.45, 7) is 5.52. The van der Waals surface area contributed by atoms with E-state index in [-0.39, 0.29) is 11.3 Å². The fourth-order valence-corrected chi connectivity index (χ4v) is 2.00. The van der Waals surface area contributed by atoms with Crippen LogP contribution in [0.4, 0.5) is 0 Å². The molecule has 0 bridgehead atoms. The second-order valence-corrected chi connectivity index (χ2v) is 4.29. The van der Waals surface area contributed by atoms with Gasteiger partial charge in [-0.25, -0.2) is 0 Å². The first-order chi connectivity index (χ1) is 6.44. The average molecular weight is 196 g/mol. The van der Waals surface area contributed by atoms with Crippen LogP contribution in [0, 0.1) is 18.3 Å². The zero-order valence-electron chi connectivity index (χ0n) is 8.31. The monoisotopic (exact) mass is 196 g/mol. The summed E-state index contributed by atoms with van der Waals surface area (Å²) >= 11 is 0. The van der Waals surface area contributed by atoms with E-state index >= 15 is 0 Å². The lowest BCUT2D eigenvalue weighted by molar-refractivity contribution is -0.139. The van der Waals surface area contributed by atoms with Crippen LogP contribution >= 0.6 is 0 Å². The molecule has 0 radical (unpaired) electrons. The van der Waals surface area contributed by atoms with Gasteiger partial charge in [-0.05, 0) is 12.3 Å². The van der Waals surface area contributed by atoms with Crippen molar-refractivity contribution in [3.8, 4) is 0 Å². The number of hydrogen-bond donors (Lipinski definition) is 1. The molecule has 5 heteroatoms. The number of hydrogen-bond acceptors (Lipinski definition) is 4. The normalized spacial score (nSPS) is 28.8. The van der Waals surface area contributed by atoms with Crippen molar-refractivity contribution in [2.75, 3.05) is 0 Å². The lowest BCUT2D eigenvalue weighted by Gasteiger charge is -1.96. The van der Waals surface area contributed by atoms with Crippen molar-refractivity contribution in [2.45, 2.75) is 26.7 Å². The molecule has 1 aromatic heterocycles. The second-order valence-electron chi connectivity index (χ2n) is 4.29. The zero-order chi connectivity index (χ0) is 10.5. The standard InChI is InChI=1S/C9H12N2O3/c1-4-10-7(14-11-4)5-6(8(12)13)9(5,2)3/h5-6H,1-3H3,(H,12,13). The molecule has 0 aliphatic heterocycles. The third kappa shape index (κ3) is 1.12. The van der Waals surface area contributed by atoms with E-state index in [0.29, 0.717) is 11.7 Å². The largest absolute Gasteiger partial charge is 0.481 e. The number of aromatic nitrogens is 2. The summed E-state index contributed by atoms with van der Waals surface area (Å²) in [4.78, 5) is 14.9. The first-order valence-electron chi connectivity index (χ1n) is 4.47. The third-order valence-corrected chi connectivity index (χ3v) is 2.90. The molecule has 0 amide bonds. The molecule has 2 rings (SSSR count). The van der Waals surface area contributed by atoms with E-state index in [4.69, 9.17) is 9.63 Å². The average Bonchev–Trinajstić information content (AvgIpc) is 2.42. The lowest BCUT2D eigenvalue weighted by atomic mass is 10.1. The highest BCUT2D eigenvalue weighted by atomic mass is 16.5. The van der Waals surface area contributed by atoms with Gasteiger partial charge in [0.05, 0.1) is 11.8 Å². The second kappa shape index (κ2) is 2.56. The highest BCUT2D eigenvalue weighted by molar-refractivity contribution is 5.77.